The van der Waals surface area contributed by atoms with E-state index >= 15 is 0 Å². The van der Waals surface area contributed by atoms with Gasteiger partial charge in [0.05, 0.1) is 5.92 Å². The molecule has 1 heterocycles. The molecule has 1 atom stereocenters. The lowest BCUT2D eigenvalue weighted by Gasteiger charge is -2.20. The number of anilines is 1. The summed E-state index contributed by atoms with van der Waals surface area (Å²) >= 11 is 0. The molecule has 2 amide bonds. The van der Waals surface area contributed by atoms with Crippen molar-refractivity contribution in [3.05, 3.63) is 102 Å². The first kappa shape index (κ1) is 20.9. The second-order valence-corrected chi connectivity index (χ2v) is 8.04. The first-order valence-corrected chi connectivity index (χ1v) is 10.9. The van der Waals surface area contributed by atoms with E-state index in [4.69, 9.17) is 0 Å². The number of hydrogen-bond acceptors (Lipinski definition) is 2. The van der Waals surface area contributed by atoms with Gasteiger partial charge < -0.3 is 10.2 Å². The van der Waals surface area contributed by atoms with E-state index in [1.165, 1.54) is 5.56 Å². The van der Waals surface area contributed by atoms with Crippen molar-refractivity contribution in [1.82, 2.24) is 5.32 Å². The van der Waals surface area contributed by atoms with Crippen LogP contribution in [0.1, 0.15) is 36.0 Å². The molecule has 4 nitrogen and oxygen atoms in total. The number of hydrogen-bond donors (Lipinski definition) is 1. The van der Waals surface area contributed by atoms with E-state index in [0.717, 1.165) is 23.2 Å². The van der Waals surface area contributed by atoms with Gasteiger partial charge in [0, 0.05) is 31.1 Å². The van der Waals surface area contributed by atoms with Crippen LogP contribution in [0.4, 0.5) is 5.69 Å². The van der Waals surface area contributed by atoms with Gasteiger partial charge in [-0.1, -0.05) is 79.7 Å². The molecular formula is C27H28N2O2. The lowest BCUT2D eigenvalue weighted by molar-refractivity contribution is -0.126. The van der Waals surface area contributed by atoms with Crippen LogP contribution in [0.3, 0.4) is 0 Å². The zero-order chi connectivity index (χ0) is 21.6. The molecule has 3 aromatic rings. The minimum absolute atomic E-state index is 0.00654. The highest BCUT2D eigenvalue weighted by Crippen LogP contribution is 2.27. The van der Waals surface area contributed by atoms with E-state index < -0.39 is 0 Å². The lowest BCUT2D eigenvalue weighted by atomic mass is 9.91. The monoisotopic (exact) mass is 412 g/mol. The molecular weight excluding hydrogens is 384 g/mol. The van der Waals surface area contributed by atoms with Crippen molar-refractivity contribution in [3.63, 3.8) is 0 Å². The molecule has 0 spiro atoms. The third-order valence-corrected chi connectivity index (χ3v) is 6.04. The number of benzene rings is 3. The van der Waals surface area contributed by atoms with E-state index in [2.05, 4.69) is 36.5 Å². The maximum atomic E-state index is 12.9. The molecule has 1 aliphatic heterocycles. The summed E-state index contributed by atoms with van der Waals surface area (Å²) in [5.41, 5.74) is 4.42. The van der Waals surface area contributed by atoms with Crippen molar-refractivity contribution < 1.29 is 9.59 Å². The van der Waals surface area contributed by atoms with Gasteiger partial charge in [0.25, 0.3) is 0 Å². The minimum atomic E-state index is -0.328. The van der Waals surface area contributed by atoms with Crippen molar-refractivity contribution in [2.24, 2.45) is 5.92 Å². The molecule has 0 radical (unpaired) electrons. The van der Waals surface area contributed by atoms with E-state index in [9.17, 15) is 9.59 Å². The Bertz CT molecular complexity index is 977. The molecule has 0 saturated carbocycles. The molecule has 0 aromatic heterocycles. The predicted molar refractivity (Wildman–Crippen MR) is 124 cm³/mol. The quantitative estimate of drug-likeness (QED) is 0.619. The van der Waals surface area contributed by atoms with Crippen molar-refractivity contribution in [2.45, 2.75) is 25.7 Å². The number of carbonyl (C=O) groups is 2. The Kier molecular flexibility index (Phi) is 6.46. The molecule has 158 valence electrons. The molecule has 31 heavy (non-hydrogen) atoms. The zero-order valence-corrected chi connectivity index (χ0v) is 17.8. The van der Waals surface area contributed by atoms with Crippen LogP contribution < -0.4 is 10.2 Å². The normalized spacial score (nSPS) is 16.0. The number of aryl methyl sites for hydroxylation is 1. The Morgan fingerprint density at radius 2 is 1.52 bits per heavy atom. The molecule has 0 bridgehead atoms. The fraction of sp³-hybridized carbons (Fsp3) is 0.259. The molecule has 1 N–H and O–H groups in total. The third-order valence-electron chi connectivity index (χ3n) is 6.04. The van der Waals surface area contributed by atoms with Gasteiger partial charge >= 0.3 is 0 Å². The lowest BCUT2D eigenvalue weighted by Crippen LogP contribution is -2.35. The van der Waals surface area contributed by atoms with Gasteiger partial charge in [-0.25, -0.2) is 0 Å². The molecule has 1 fully saturated rings. The first-order valence-electron chi connectivity index (χ1n) is 10.9. The summed E-state index contributed by atoms with van der Waals surface area (Å²) < 4.78 is 0. The Labute approximate surface area is 183 Å². The summed E-state index contributed by atoms with van der Waals surface area (Å²) in [6.45, 7) is 3.04. The average Bonchev–Trinajstić information content (AvgIpc) is 3.22. The van der Waals surface area contributed by atoms with E-state index in [1.807, 2.05) is 60.7 Å². The van der Waals surface area contributed by atoms with E-state index in [0.29, 0.717) is 13.1 Å². The molecule has 3 aromatic carbocycles. The smallest absolute Gasteiger partial charge is 0.227 e. The molecule has 1 aliphatic rings. The van der Waals surface area contributed by atoms with Gasteiger partial charge in [-0.05, 0) is 35.2 Å². The third kappa shape index (κ3) is 4.85. The molecule has 1 saturated heterocycles. The molecule has 4 rings (SSSR count). The number of rotatable bonds is 7. The van der Waals surface area contributed by atoms with Crippen LogP contribution in [0, 0.1) is 5.92 Å². The highest BCUT2D eigenvalue weighted by Gasteiger charge is 2.35. The van der Waals surface area contributed by atoms with Crippen molar-refractivity contribution in [2.75, 3.05) is 18.0 Å². The van der Waals surface area contributed by atoms with Gasteiger partial charge in [0.2, 0.25) is 11.8 Å². The largest absolute Gasteiger partial charge is 0.355 e. The van der Waals surface area contributed by atoms with Crippen LogP contribution in [-0.4, -0.2) is 24.9 Å². The SMILES string of the molecule is CCc1ccc(N2C[C@H](C(=O)NCC(c3ccccc3)c3ccccc3)CC2=O)cc1. The van der Waals surface area contributed by atoms with Gasteiger partial charge in [-0.3, -0.25) is 9.59 Å². The summed E-state index contributed by atoms with van der Waals surface area (Å²) in [5.74, 6) is -0.309. The van der Waals surface area contributed by atoms with Crippen LogP contribution in [0.5, 0.6) is 0 Å². The predicted octanol–water partition coefficient (Wildman–Crippen LogP) is 4.55. The molecule has 0 unspecified atom stereocenters. The van der Waals surface area contributed by atoms with Crippen molar-refractivity contribution in [1.29, 1.82) is 0 Å². The van der Waals surface area contributed by atoms with Gasteiger partial charge in [0.1, 0.15) is 0 Å². The fourth-order valence-electron chi connectivity index (χ4n) is 4.19. The summed E-state index contributed by atoms with van der Waals surface area (Å²) in [6, 6.07) is 28.4. The summed E-state index contributed by atoms with van der Waals surface area (Å²) in [7, 11) is 0. The van der Waals surface area contributed by atoms with Gasteiger partial charge in [-0.2, -0.15) is 0 Å². The number of nitrogens with zero attached hydrogens (tertiary/aromatic N) is 1. The standard InChI is InChI=1S/C27H28N2O2/c1-2-20-13-15-24(16-14-20)29-19-23(17-26(29)30)27(31)28-18-25(21-9-5-3-6-10-21)22-11-7-4-8-12-22/h3-16,23,25H,2,17-19H2,1H3,(H,28,31)/t23-/m1/s1. The highest BCUT2D eigenvalue weighted by molar-refractivity contribution is 6.00. The maximum Gasteiger partial charge on any atom is 0.227 e. The van der Waals surface area contributed by atoms with Crippen molar-refractivity contribution in [3.8, 4) is 0 Å². The Morgan fingerprint density at radius 3 is 2.06 bits per heavy atom. The second-order valence-electron chi connectivity index (χ2n) is 8.04. The number of amides is 2. The van der Waals surface area contributed by atoms with Crippen LogP contribution in [0.25, 0.3) is 0 Å². The van der Waals surface area contributed by atoms with Crippen LogP contribution in [0.2, 0.25) is 0 Å². The Balaban J connectivity index is 1.43. The molecule has 4 heteroatoms. The highest BCUT2D eigenvalue weighted by atomic mass is 16.2. The van der Waals surface area contributed by atoms with Crippen LogP contribution in [0.15, 0.2) is 84.9 Å². The topological polar surface area (TPSA) is 49.4 Å². The number of carbonyl (C=O) groups excluding carboxylic acids is 2. The molecule has 0 aliphatic carbocycles. The van der Waals surface area contributed by atoms with Crippen molar-refractivity contribution >= 4 is 17.5 Å². The maximum absolute atomic E-state index is 12.9. The summed E-state index contributed by atoms with van der Waals surface area (Å²) in [5, 5.41) is 3.11. The minimum Gasteiger partial charge on any atom is -0.355 e. The summed E-state index contributed by atoms with van der Waals surface area (Å²) in [4.78, 5) is 27.2. The fourth-order valence-corrected chi connectivity index (χ4v) is 4.19. The zero-order valence-electron chi connectivity index (χ0n) is 17.8. The summed E-state index contributed by atoms with van der Waals surface area (Å²) in [6.07, 6.45) is 1.21. The van der Waals surface area contributed by atoms with E-state index in [1.54, 1.807) is 4.90 Å². The number of nitrogens with one attached hydrogen (secondary N) is 1. The second kappa shape index (κ2) is 9.61. The van der Waals surface area contributed by atoms with Crippen LogP contribution in [-0.2, 0) is 16.0 Å². The van der Waals surface area contributed by atoms with E-state index in [-0.39, 0.29) is 30.1 Å². The Morgan fingerprint density at radius 1 is 0.935 bits per heavy atom. The first-order chi connectivity index (χ1) is 15.2. The Hall–Kier alpha value is -3.40. The van der Waals surface area contributed by atoms with Gasteiger partial charge in [-0.15, -0.1) is 0 Å². The van der Waals surface area contributed by atoms with Gasteiger partial charge in [0.15, 0.2) is 0 Å². The average molecular weight is 413 g/mol. The van der Waals surface area contributed by atoms with Crippen LogP contribution >= 0.6 is 0 Å².